The molecule has 0 saturated carbocycles. The van der Waals surface area contributed by atoms with Crippen LogP contribution in [-0.4, -0.2) is 15.6 Å². The maximum Gasteiger partial charge on any atom is 0.219 e. The quantitative estimate of drug-likeness (QED) is 0.654. The largest absolute Gasteiger partial charge is 0.472 e. The number of anilines is 1. The summed E-state index contributed by atoms with van der Waals surface area (Å²) in [6, 6.07) is 11.4. The van der Waals surface area contributed by atoms with Crippen molar-refractivity contribution in [3.05, 3.63) is 36.4 Å². The fraction of sp³-hybridized carbons (Fsp3) is 0.286. The van der Waals surface area contributed by atoms with Gasteiger partial charge < -0.3 is 10.2 Å². The lowest BCUT2D eigenvalue weighted by Crippen LogP contribution is -2.24. The molecule has 0 bridgehead atoms. The Hall–Kier alpha value is -2.14. The molecule has 2 aromatic rings. The number of hydrogen-bond donors (Lipinski definition) is 2. The van der Waals surface area contributed by atoms with E-state index >= 15 is 0 Å². The van der Waals surface area contributed by atoms with Gasteiger partial charge in [-0.1, -0.05) is 30.3 Å². The SMILES string of the molecule is CC(C)(C)Oc1cc(NN)nc(-c2ccccc2)n1. The topological polar surface area (TPSA) is 73.1 Å². The minimum Gasteiger partial charge on any atom is -0.472 e. The normalized spacial score (nSPS) is 11.2. The van der Waals surface area contributed by atoms with Crippen LogP contribution in [0.5, 0.6) is 5.88 Å². The summed E-state index contributed by atoms with van der Waals surface area (Å²) in [4.78, 5) is 8.73. The molecule has 0 spiro atoms. The van der Waals surface area contributed by atoms with Gasteiger partial charge in [-0.15, -0.1) is 0 Å². The summed E-state index contributed by atoms with van der Waals surface area (Å²) in [5.41, 5.74) is 3.12. The van der Waals surface area contributed by atoms with Crippen molar-refractivity contribution in [1.82, 2.24) is 9.97 Å². The van der Waals surface area contributed by atoms with Gasteiger partial charge in [0, 0.05) is 11.6 Å². The van der Waals surface area contributed by atoms with Crippen LogP contribution in [0.2, 0.25) is 0 Å². The maximum absolute atomic E-state index is 5.76. The highest BCUT2D eigenvalue weighted by Crippen LogP contribution is 2.23. The minimum absolute atomic E-state index is 0.325. The van der Waals surface area contributed by atoms with Crippen LogP contribution < -0.4 is 16.0 Å². The molecule has 0 fully saturated rings. The third-order valence-corrected chi connectivity index (χ3v) is 2.29. The minimum atomic E-state index is -0.325. The van der Waals surface area contributed by atoms with Gasteiger partial charge in [-0.2, -0.15) is 4.98 Å². The lowest BCUT2D eigenvalue weighted by molar-refractivity contribution is 0.124. The number of benzene rings is 1. The summed E-state index contributed by atoms with van der Waals surface area (Å²) in [6.45, 7) is 5.90. The number of rotatable bonds is 3. The van der Waals surface area contributed by atoms with Crippen molar-refractivity contribution in [1.29, 1.82) is 0 Å². The second-order valence-corrected chi connectivity index (χ2v) is 5.14. The summed E-state index contributed by atoms with van der Waals surface area (Å²) in [5.74, 6) is 7.03. The zero-order valence-corrected chi connectivity index (χ0v) is 11.3. The lowest BCUT2D eigenvalue weighted by Gasteiger charge is -2.20. The summed E-state index contributed by atoms with van der Waals surface area (Å²) < 4.78 is 5.76. The molecule has 0 atom stereocenters. The second kappa shape index (κ2) is 5.24. The number of nitrogens with one attached hydrogen (secondary N) is 1. The van der Waals surface area contributed by atoms with Gasteiger partial charge in [0.05, 0.1) is 0 Å². The van der Waals surface area contributed by atoms with Crippen LogP contribution in [0.25, 0.3) is 11.4 Å². The Labute approximate surface area is 112 Å². The summed E-state index contributed by atoms with van der Waals surface area (Å²) >= 11 is 0. The maximum atomic E-state index is 5.76. The van der Waals surface area contributed by atoms with Gasteiger partial charge in [0.15, 0.2) is 5.82 Å². The molecule has 0 unspecified atom stereocenters. The zero-order chi connectivity index (χ0) is 13.9. The van der Waals surface area contributed by atoms with Gasteiger partial charge in [0.1, 0.15) is 11.4 Å². The average molecular weight is 258 g/mol. The molecule has 0 saturated heterocycles. The van der Waals surface area contributed by atoms with Gasteiger partial charge in [-0.25, -0.2) is 10.8 Å². The smallest absolute Gasteiger partial charge is 0.219 e. The number of nitrogens with two attached hydrogens (primary N) is 1. The number of hydrazine groups is 1. The highest BCUT2D eigenvalue weighted by molar-refractivity contribution is 5.58. The predicted molar refractivity (Wildman–Crippen MR) is 75.7 cm³/mol. The molecule has 3 N–H and O–H groups in total. The van der Waals surface area contributed by atoms with Gasteiger partial charge >= 0.3 is 0 Å². The number of aromatic nitrogens is 2. The van der Waals surface area contributed by atoms with Crippen LogP contribution in [0.4, 0.5) is 5.82 Å². The van der Waals surface area contributed by atoms with E-state index in [1.807, 2.05) is 51.1 Å². The van der Waals surface area contributed by atoms with E-state index in [0.29, 0.717) is 17.5 Å². The molecule has 5 nitrogen and oxygen atoms in total. The summed E-state index contributed by atoms with van der Waals surface area (Å²) in [5, 5.41) is 0. The molecule has 0 aliphatic heterocycles. The zero-order valence-electron chi connectivity index (χ0n) is 11.3. The van der Waals surface area contributed by atoms with E-state index in [2.05, 4.69) is 15.4 Å². The van der Waals surface area contributed by atoms with Crippen LogP contribution in [0.15, 0.2) is 36.4 Å². The van der Waals surface area contributed by atoms with E-state index < -0.39 is 0 Å². The molecule has 19 heavy (non-hydrogen) atoms. The molecular weight excluding hydrogens is 240 g/mol. The molecule has 0 radical (unpaired) electrons. The molecule has 0 aliphatic rings. The van der Waals surface area contributed by atoms with Gasteiger partial charge in [-0.3, -0.25) is 0 Å². The fourth-order valence-electron chi connectivity index (χ4n) is 1.58. The Kier molecular flexibility index (Phi) is 3.66. The Morgan fingerprint density at radius 2 is 1.79 bits per heavy atom. The number of ether oxygens (including phenoxy) is 1. The highest BCUT2D eigenvalue weighted by Gasteiger charge is 2.15. The molecule has 100 valence electrons. The first-order valence-electron chi connectivity index (χ1n) is 6.08. The van der Waals surface area contributed by atoms with Gasteiger partial charge in [0.25, 0.3) is 0 Å². The van der Waals surface area contributed by atoms with Crippen LogP contribution in [-0.2, 0) is 0 Å². The van der Waals surface area contributed by atoms with Crippen LogP contribution >= 0.6 is 0 Å². The van der Waals surface area contributed by atoms with Gasteiger partial charge in [-0.05, 0) is 20.8 Å². The third kappa shape index (κ3) is 3.66. The molecule has 1 heterocycles. The Bertz CT molecular complexity index is 549. The number of nitrogens with zero attached hydrogens (tertiary/aromatic N) is 2. The average Bonchev–Trinajstić information content (AvgIpc) is 2.37. The van der Waals surface area contributed by atoms with Crippen LogP contribution in [0.1, 0.15) is 20.8 Å². The standard InChI is InChI=1S/C14H18N4O/c1-14(2,3)19-12-9-11(18-15)16-13(17-12)10-7-5-4-6-8-10/h4-9H,15H2,1-3H3,(H,16,17,18). The van der Waals surface area contributed by atoms with Crippen molar-refractivity contribution >= 4 is 5.82 Å². The van der Waals surface area contributed by atoms with Crippen molar-refractivity contribution in [3.8, 4) is 17.3 Å². The van der Waals surface area contributed by atoms with E-state index in [-0.39, 0.29) is 5.60 Å². The first-order chi connectivity index (χ1) is 8.98. The lowest BCUT2D eigenvalue weighted by atomic mass is 10.2. The highest BCUT2D eigenvalue weighted by atomic mass is 16.5. The third-order valence-electron chi connectivity index (χ3n) is 2.29. The molecule has 1 aromatic carbocycles. The van der Waals surface area contributed by atoms with Crippen LogP contribution in [0.3, 0.4) is 0 Å². The fourth-order valence-corrected chi connectivity index (χ4v) is 1.58. The number of nitrogen functional groups attached to an aromatic ring is 1. The Morgan fingerprint density at radius 3 is 2.37 bits per heavy atom. The van der Waals surface area contributed by atoms with Crippen LogP contribution in [0, 0.1) is 0 Å². The molecular formula is C14H18N4O. The monoisotopic (exact) mass is 258 g/mol. The first kappa shape index (κ1) is 13.3. The molecule has 1 aromatic heterocycles. The first-order valence-corrected chi connectivity index (χ1v) is 6.08. The van der Waals surface area contributed by atoms with E-state index in [1.165, 1.54) is 0 Å². The summed E-state index contributed by atoms with van der Waals surface area (Å²) in [6.07, 6.45) is 0. The van der Waals surface area contributed by atoms with E-state index in [1.54, 1.807) is 6.07 Å². The summed E-state index contributed by atoms with van der Waals surface area (Å²) in [7, 11) is 0. The molecule has 2 rings (SSSR count). The van der Waals surface area contributed by atoms with Gasteiger partial charge in [0.2, 0.25) is 5.88 Å². The number of hydrogen-bond acceptors (Lipinski definition) is 5. The van der Waals surface area contributed by atoms with E-state index in [0.717, 1.165) is 5.56 Å². The van der Waals surface area contributed by atoms with Crippen molar-refractivity contribution in [3.63, 3.8) is 0 Å². The Balaban J connectivity index is 2.42. The molecule has 5 heteroatoms. The molecule has 0 amide bonds. The predicted octanol–water partition coefficient (Wildman–Crippen LogP) is 2.61. The van der Waals surface area contributed by atoms with E-state index in [9.17, 15) is 0 Å². The van der Waals surface area contributed by atoms with Crippen molar-refractivity contribution < 1.29 is 4.74 Å². The second-order valence-electron chi connectivity index (χ2n) is 5.14. The Morgan fingerprint density at radius 1 is 1.11 bits per heavy atom. The van der Waals surface area contributed by atoms with Crippen molar-refractivity contribution in [2.45, 2.75) is 26.4 Å². The van der Waals surface area contributed by atoms with Crippen molar-refractivity contribution in [2.24, 2.45) is 5.84 Å². The van der Waals surface area contributed by atoms with E-state index in [4.69, 9.17) is 10.6 Å². The van der Waals surface area contributed by atoms with Crippen molar-refractivity contribution in [2.75, 3.05) is 5.43 Å². The molecule has 0 aliphatic carbocycles.